The summed E-state index contributed by atoms with van der Waals surface area (Å²) in [5.41, 5.74) is 0. The molecule has 0 aromatic carbocycles. The van der Waals surface area contributed by atoms with Gasteiger partial charge in [0.2, 0.25) is 0 Å². The van der Waals surface area contributed by atoms with E-state index in [4.69, 9.17) is 0 Å². The molecule has 0 saturated heterocycles. The van der Waals surface area contributed by atoms with E-state index in [9.17, 15) is 0 Å². The van der Waals surface area contributed by atoms with Crippen molar-refractivity contribution in [1.29, 1.82) is 0 Å². The van der Waals surface area contributed by atoms with E-state index >= 15 is 0 Å². The molecule has 0 N–H and O–H groups in total. The molecular weight excluding hydrogens is 859 g/mol. The summed E-state index contributed by atoms with van der Waals surface area (Å²) in [6, 6.07) is 0. The monoisotopic (exact) mass is 910 g/mol. The summed E-state index contributed by atoms with van der Waals surface area (Å²) in [5.74, 6) is 6.46. The molecule has 10 heteroatoms. The molecule has 0 heterocycles. The molecular formula is C18H52P4Pt2S4+4. The molecule has 184 valence electrons. The van der Waals surface area contributed by atoms with Crippen LogP contribution in [0.2, 0.25) is 0 Å². The Morgan fingerprint density at radius 1 is 0.393 bits per heavy atom. The molecule has 0 aliphatic carbocycles. The van der Waals surface area contributed by atoms with Gasteiger partial charge < -0.3 is 50.5 Å². The quantitative estimate of drug-likeness (QED) is 0.251. The van der Waals surface area contributed by atoms with Crippen LogP contribution in [0.15, 0.2) is 0 Å². The maximum atomic E-state index is 4.39. The van der Waals surface area contributed by atoms with Gasteiger partial charge in [-0.25, -0.2) is 0 Å². The number of hydrogen-bond acceptors (Lipinski definition) is 4. The molecule has 0 rings (SSSR count). The average molecular weight is 911 g/mol. The fraction of sp³-hybridized carbons (Fsp3) is 1.00. The third-order valence-corrected chi connectivity index (χ3v) is 12.7. The van der Waals surface area contributed by atoms with Crippen molar-refractivity contribution in [3.8, 4) is 0 Å². The molecule has 0 atom stereocenters. The molecule has 0 aromatic rings. The molecule has 0 spiro atoms. The molecule has 0 unspecified atom stereocenters. The first kappa shape index (κ1) is 53.7. The summed E-state index contributed by atoms with van der Waals surface area (Å²) in [6.07, 6.45) is 0. The first-order valence-electron chi connectivity index (χ1n) is 9.40. The summed E-state index contributed by atoms with van der Waals surface area (Å²) >= 11 is 17.6. The Balaban J connectivity index is -0.0000000297. The predicted octanol–water partition coefficient (Wildman–Crippen LogP) is 5.99. The van der Waals surface area contributed by atoms with Crippen molar-refractivity contribution in [2.24, 2.45) is 0 Å². The Kier molecular flexibility index (Phi) is 111. The second kappa shape index (κ2) is 57.9. The first-order chi connectivity index (χ1) is 11.9. The Morgan fingerprint density at radius 3 is 0.464 bits per heavy atom. The molecule has 0 aromatic heterocycles. The summed E-state index contributed by atoms with van der Waals surface area (Å²) in [7, 11) is 0.444. The van der Waals surface area contributed by atoms with Gasteiger partial charge in [0.25, 0.3) is 0 Å². The molecule has 0 aliphatic heterocycles. The second-order valence-electron chi connectivity index (χ2n) is 6.34. The van der Waals surface area contributed by atoms with Crippen molar-refractivity contribution in [2.75, 3.05) is 88.1 Å². The molecule has 0 amide bonds. The van der Waals surface area contributed by atoms with Crippen LogP contribution in [0.5, 0.6) is 0 Å². The molecule has 28 heavy (non-hydrogen) atoms. The minimum atomic E-state index is 0. The van der Waals surface area contributed by atoms with Gasteiger partial charge in [-0.3, -0.25) is 0 Å². The van der Waals surface area contributed by atoms with Crippen molar-refractivity contribution in [3.63, 3.8) is 0 Å². The molecule has 0 saturated carbocycles. The van der Waals surface area contributed by atoms with E-state index in [-0.39, 0.29) is 73.8 Å². The van der Waals surface area contributed by atoms with Gasteiger partial charge in [-0.2, -0.15) is 23.0 Å². The van der Waals surface area contributed by atoms with E-state index in [0.29, 0.717) is 0 Å². The van der Waals surface area contributed by atoms with Crippen LogP contribution in [-0.4, -0.2) is 88.1 Å². The van der Waals surface area contributed by atoms with E-state index in [1.54, 1.807) is 11.8 Å². The summed E-state index contributed by atoms with van der Waals surface area (Å²) in [4.78, 5) is 0. The molecule has 0 fully saturated rings. The molecule has 0 radical (unpaired) electrons. The largest absolute Gasteiger partial charge is 2.00 e. The van der Waals surface area contributed by atoms with Crippen molar-refractivity contribution in [2.45, 2.75) is 27.7 Å². The topological polar surface area (TPSA) is 0 Å². The first-order valence-corrected chi connectivity index (χ1v) is 22.5. The van der Waals surface area contributed by atoms with Crippen LogP contribution in [0.1, 0.15) is 27.7 Å². The van der Waals surface area contributed by atoms with E-state index in [1.165, 1.54) is 0 Å². The Bertz CT molecular complexity index is 150. The van der Waals surface area contributed by atoms with Crippen molar-refractivity contribution < 1.29 is 42.1 Å². The van der Waals surface area contributed by atoms with Gasteiger partial charge >= 0.3 is 42.1 Å². The van der Waals surface area contributed by atoms with Gasteiger partial charge in [0, 0.05) is 85.0 Å². The fourth-order valence-corrected chi connectivity index (χ4v) is 12.7. The summed E-state index contributed by atoms with van der Waals surface area (Å²) in [5, 5.41) is 0. The fourth-order valence-electron chi connectivity index (χ4n) is 1.41. The van der Waals surface area contributed by atoms with Gasteiger partial charge in [-0.05, 0) is 0 Å². The van der Waals surface area contributed by atoms with Crippen LogP contribution in [0.3, 0.4) is 0 Å². The van der Waals surface area contributed by atoms with Crippen LogP contribution in [0, 0.1) is 0 Å². The van der Waals surface area contributed by atoms with Crippen LogP contribution < -0.4 is 0 Å². The molecule has 0 nitrogen and oxygen atoms in total. The average Bonchev–Trinajstić information content (AvgIpc) is 2.39. The number of rotatable bonds is 4. The van der Waals surface area contributed by atoms with Crippen LogP contribution in [-0.2, 0) is 92.6 Å². The van der Waals surface area contributed by atoms with Crippen molar-refractivity contribution in [1.82, 2.24) is 0 Å². The Labute approximate surface area is 237 Å². The van der Waals surface area contributed by atoms with Crippen LogP contribution in [0.4, 0.5) is 0 Å². The van der Waals surface area contributed by atoms with E-state index in [1.807, 2.05) is 27.7 Å². The normalized spacial score (nSPS) is 8.14. The Morgan fingerprint density at radius 2 is 0.464 bits per heavy atom. The van der Waals surface area contributed by atoms with Crippen molar-refractivity contribution >= 4 is 82.2 Å². The van der Waals surface area contributed by atoms with E-state index in [2.05, 4.69) is 104 Å². The Hall–Kier alpha value is 4.50. The predicted molar refractivity (Wildman–Crippen MR) is 162 cm³/mol. The van der Waals surface area contributed by atoms with Crippen LogP contribution in [0.25, 0.3) is 0 Å². The maximum absolute atomic E-state index is 4.39. The van der Waals surface area contributed by atoms with Gasteiger partial charge in [0.15, 0.2) is 11.8 Å². The zero-order valence-electron chi connectivity index (χ0n) is 20.5. The van der Waals surface area contributed by atoms with Gasteiger partial charge in [0.05, 0.1) is 0 Å². The summed E-state index contributed by atoms with van der Waals surface area (Å²) in [6.45, 7) is 26.9. The smallest absolute Gasteiger partial charge is 0.793 e. The van der Waals surface area contributed by atoms with Crippen LogP contribution >= 0.6 is 31.7 Å². The molecule has 0 bridgehead atoms. The zero-order valence-corrected chi connectivity index (χ0v) is 32.3. The minimum Gasteiger partial charge on any atom is -0.793 e. The molecule has 0 aliphatic rings. The second-order valence-corrected chi connectivity index (χ2v) is 21.1. The number of hydrogen-bond donors (Lipinski definition) is 0. The zero-order chi connectivity index (χ0) is 22.6. The third-order valence-electron chi connectivity index (χ3n) is 1.41. The van der Waals surface area contributed by atoms with Gasteiger partial charge in [-0.1, -0.05) is 27.7 Å². The van der Waals surface area contributed by atoms with Crippen molar-refractivity contribution in [3.05, 3.63) is 0 Å². The maximum Gasteiger partial charge on any atom is 2.00 e. The summed E-state index contributed by atoms with van der Waals surface area (Å²) < 4.78 is 0. The van der Waals surface area contributed by atoms with E-state index in [0.717, 1.165) is 23.0 Å². The van der Waals surface area contributed by atoms with Gasteiger partial charge in [-0.15, -0.1) is 0 Å². The SMILES string of the molecule is CC[S-].CC[S-].CC[S-].CC[S-].C[PH+](C)C[PH+](C)C.C[PH+](C)C[PH+](C)C.[Pt+2].[Pt+2]. The van der Waals surface area contributed by atoms with E-state index < -0.39 is 0 Å². The third kappa shape index (κ3) is 170. The standard InChI is InChI=1S/2C5H14P2.4C2H6S.2Pt/c2*1-6(2)5-7(3)4;4*1-2-3;;/h2*5H2,1-4H3;4*3H,2H2,1H3;;/q;;;;;;2*+2. The van der Waals surface area contributed by atoms with Gasteiger partial charge in [0.1, 0.15) is 0 Å². The minimum absolute atomic E-state index is 0.